The first-order valence-electron chi connectivity index (χ1n) is 5.11. The first-order chi connectivity index (χ1) is 7.20. The summed E-state index contributed by atoms with van der Waals surface area (Å²) in [7, 11) is 0. The predicted molar refractivity (Wildman–Crippen MR) is 76.8 cm³/mol. The van der Waals surface area contributed by atoms with E-state index in [1.165, 1.54) is 0 Å². The fourth-order valence-corrected chi connectivity index (χ4v) is 1.45. The number of hydrogen-bond acceptors (Lipinski definition) is 1. The molecule has 0 heterocycles. The second-order valence-corrected chi connectivity index (χ2v) is 4.42. The van der Waals surface area contributed by atoms with Gasteiger partial charge in [0.15, 0.2) is 0 Å². The summed E-state index contributed by atoms with van der Waals surface area (Å²) in [4.78, 5) is 1.00. The minimum absolute atomic E-state index is 0.892. The Morgan fingerprint density at radius 1 is 1.20 bits per heavy atom. The maximum atomic E-state index is 5.28. The molecule has 0 spiro atoms. The number of benzene rings is 1. The Bertz CT molecular complexity index is 304. The average Bonchev–Trinajstić information content (AvgIpc) is 2.30. The van der Waals surface area contributed by atoms with Crippen molar-refractivity contribution in [3.63, 3.8) is 0 Å². The van der Waals surface area contributed by atoms with Crippen LogP contribution in [-0.4, -0.2) is 4.86 Å². The molecule has 0 aliphatic carbocycles. The molecule has 1 aromatic carbocycles. The first-order valence-corrected chi connectivity index (χ1v) is 6.32. The lowest BCUT2D eigenvalue weighted by atomic mass is 10.1. The second-order valence-electron chi connectivity index (χ2n) is 2.81. The van der Waals surface area contributed by atoms with E-state index in [4.69, 9.17) is 12.2 Å². The Kier molecular flexibility index (Phi) is 8.53. The highest BCUT2D eigenvalue weighted by atomic mass is 79.9. The van der Waals surface area contributed by atoms with Gasteiger partial charge in [-0.25, -0.2) is 0 Å². The van der Waals surface area contributed by atoms with Crippen LogP contribution in [0.2, 0.25) is 0 Å². The molecule has 0 saturated heterocycles. The lowest BCUT2D eigenvalue weighted by molar-refractivity contribution is 1.10. The molecule has 0 fully saturated rings. The van der Waals surface area contributed by atoms with Crippen LogP contribution in [-0.2, 0) is 0 Å². The Labute approximate surface area is 107 Å². The number of halogens is 1. The fourth-order valence-electron chi connectivity index (χ4n) is 1.02. The van der Waals surface area contributed by atoms with Crippen LogP contribution in [0.25, 0.3) is 0 Å². The normalized spacial score (nSPS) is 8.73. The number of thiocarbonyl (C=S) groups is 1. The largest absolute Gasteiger partial charge is 0.0888 e. The van der Waals surface area contributed by atoms with Crippen molar-refractivity contribution in [1.82, 2.24) is 0 Å². The van der Waals surface area contributed by atoms with Crippen LogP contribution < -0.4 is 0 Å². The molecule has 0 unspecified atom stereocenters. The number of allylic oxidation sites excluding steroid dienone is 1. The zero-order valence-corrected chi connectivity index (χ0v) is 11.7. The molecule has 1 aromatic rings. The van der Waals surface area contributed by atoms with Crippen LogP contribution in [0.15, 0.2) is 41.4 Å². The van der Waals surface area contributed by atoms with Gasteiger partial charge in [-0.1, -0.05) is 78.9 Å². The predicted octanol–water partition coefficient (Wildman–Crippen LogP) is 5.12. The molecule has 0 aliphatic rings. The first kappa shape index (κ1) is 14.5. The topological polar surface area (TPSA) is 0 Å². The summed E-state index contributed by atoms with van der Waals surface area (Å²) in [5.41, 5.74) is 1.14. The van der Waals surface area contributed by atoms with Crippen LogP contribution in [0.4, 0.5) is 0 Å². The molecule has 0 saturated carbocycles. The monoisotopic (exact) mass is 284 g/mol. The van der Waals surface area contributed by atoms with E-state index in [-0.39, 0.29) is 0 Å². The van der Waals surface area contributed by atoms with E-state index in [0.717, 1.165) is 27.8 Å². The smallest absolute Gasteiger partial charge is 0.0228 e. The van der Waals surface area contributed by atoms with Crippen molar-refractivity contribution >= 4 is 33.0 Å². The molecule has 0 aromatic heterocycles. The highest BCUT2D eigenvalue weighted by Crippen LogP contribution is 2.13. The summed E-state index contributed by atoms with van der Waals surface area (Å²) < 4.78 is 1.01. The summed E-state index contributed by atoms with van der Waals surface area (Å²) in [6, 6.07) is 10.1. The van der Waals surface area contributed by atoms with Crippen LogP contribution in [0.5, 0.6) is 0 Å². The maximum absolute atomic E-state index is 5.28. The second kappa shape index (κ2) is 8.81. The molecule has 0 atom stereocenters. The summed E-state index contributed by atoms with van der Waals surface area (Å²) in [6.07, 6.45) is 1.80. The van der Waals surface area contributed by atoms with E-state index < -0.39 is 0 Å². The molecule has 1 rings (SSSR count). The van der Waals surface area contributed by atoms with Gasteiger partial charge >= 0.3 is 0 Å². The quantitative estimate of drug-likeness (QED) is 0.546. The van der Waals surface area contributed by atoms with Gasteiger partial charge in [0, 0.05) is 4.86 Å². The summed E-state index contributed by atoms with van der Waals surface area (Å²) in [5, 5.41) is 0. The maximum Gasteiger partial charge on any atom is 0.0228 e. The molecule has 15 heavy (non-hydrogen) atoms. The number of rotatable bonds is 4. The van der Waals surface area contributed by atoms with Crippen molar-refractivity contribution in [2.24, 2.45) is 0 Å². The highest BCUT2D eigenvalue weighted by Gasteiger charge is 1.99. The molecular weight excluding hydrogens is 268 g/mol. The standard InChI is InChI=1S/C11H11BrS.C2H6/c1-9(12)7-8-11(13)10-5-3-2-4-6-10;1-2/h2-6H,1,7-8H2;1-2H3. The SMILES string of the molecule is C=C(Br)CCC(=S)c1ccccc1.CC. The van der Waals surface area contributed by atoms with E-state index in [1.54, 1.807) is 0 Å². The zero-order chi connectivity index (χ0) is 11.7. The van der Waals surface area contributed by atoms with Crippen molar-refractivity contribution < 1.29 is 0 Å². The molecule has 0 bridgehead atoms. The van der Waals surface area contributed by atoms with Crippen molar-refractivity contribution in [2.75, 3.05) is 0 Å². The molecule has 82 valence electrons. The van der Waals surface area contributed by atoms with E-state index in [0.29, 0.717) is 0 Å². The Balaban J connectivity index is 0.000000921. The number of hydrogen-bond donors (Lipinski definition) is 0. The van der Waals surface area contributed by atoms with Gasteiger partial charge < -0.3 is 0 Å². The molecule has 0 nitrogen and oxygen atoms in total. The van der Waals surface area contributed by atoms with Crippen molar-refractivity contribution in [3.05, 3.63) is 47.0 Å². The van der Waals surface area contributed by atoms with Crippen LogP contribution in [0, 0.1) is 0 Å². The minimum atomic E-state index is 0.892. The van der Waals surface area contributed by atoms with Gasteiger partial charge in [0.1, 0.15) is 0 Å². The van der Waals surface area contributed by atoms with Gasteiger partial charge in [0.05, 0.1) is 0 Å². The molecule has 2 heteroatoms. The molecule has 0 N–H and O–H groups in total. The van der Waals surface area contributed by atoms with E-state index in [1.807, 2.05) is 44.2 Å². The molecular formula is C13H17BrS. The Hall–Kier alpha value is -0.470. The van der Waals surface area contributed by atoms with Crippen molar-refractivity contribution in [3.8, 4) is 0 Å². The summed E-state index contributed by atoms with van der Waals surface area (Å²) >= 11 is 8.60. The zero-order valence-electron chi connectivity index (χ0n) is 9.29. The summed E-state index contributed by atoms with van der Waals surface area (Å²) in [6.45, 7) is 7.78. The Morgan fingerprint density at radius 2 is 1.73 bits per heavy atom. The van der Waals surface area contributed by atoms with Gasteiger partial charge in [-0.3, -0.25) is 0 Å². The van der Waals surface area contributed by atoms with Gasteiger partial charge in [-0.15, -0.1) is 0 Å². The van der Waals surface area contributed by atoms with Crippen LogP contribution in [0.3, 0.4) is 0 Å². The van der Waals surface area contributed by atoms with Crippen LogP contribution in [0.1, 0.15) is 32.3 Å². The third kappa shape index (κ3) is 6.58. The van der Waals surface area contributed by atoms with Crippen molar-refractivity contribution in [1.29, 1.82) is 0 Å². The lowest BCUT2D eigenvalue weighted by Gasteiger charge is -2.02. The Morgan fingerprint density at radius 3 is 2.20 bits per heavy atom. The minimum Gasteiger partial charge on any atom is -0.0888 e. The van der Waals surface area contributed by atoms with Gasteiger partial charge in [0.25, 0.3) is 0 Å². The molecule has 0 radical (unpaired) electrons. The third-order valence-corrected chi connectivity index (χ3v) is 2.56. The van der Waals surface area contributed by atoms with E-state index in [2.05, 4.69) is 22.5 Å². The van der Waals surface area contributed by atoms with Gasteiger partial charge in [-0.2, -0.15) is 0 Å². The molecule has 0 amide bonds. The van der Waals surface area contributed by atoms with E-state index in [9.17, 15) is 0 Å². The lowest BCUT2D eigenvalue weighted by Crippen LogP contribution is -1.95. The van der Waals surface area contributed by atoms with Crippen molar-refractivity contribution in [2.45, 2.75) is 26.7 Å². The fraction of sp³-hybridized carbons (Fsp3) is 0.308. The average molecular weight is 285 g/mol. The van der Waals surface area contributed by atoms with Gasteiger partial charge in [-0.05, 0) is 22.9 Å². The highest BCUT2D eigenvalue weighted by molar-refractivity contribution is 9.11. The van der Waals surface area contributed by atoms with Crippen LogP contribution >= 0.6 is 28.1 Å². The summed E-state index contributed by atoms with van der Waals surface area (Å²) in [5.74, 6) is 0. The van der Waals surface area contributed by atoms with Gasteiger partial charge in [0.2, 0.25) is 0 Å². The third-order valence-electron chi connectivity index (χ3n) is 1.72. The molecule has 0 aliphatic heterocycles. The van der Waals surface area contributed by atoms with E-state index >= 15 is 0 Å².